The van der Waals surface area contributed by atoms with E-state index in [9.17, 15) is 0 Å². The maximum absolute atomic E-state index is 2.32. The van der Waals surface area contributed by atoms with Gasteiger partial charge in [0.05, 0.1) is 0 Å². The Hall–Kier alpha value is -1.34. The van der Waals surface area contributed by atoms with E-state index in [2.05, 4.69) is 49.6 Å². The van der Waals surface area contributed by atoms with Crippen molar-refractivity contribution in [3.8, 4) is 0 Å². The van der Waals surface area contributed by atoms with Gasteiger partial charge in [-0.15, -0.1) is 11.3 Å². The van der Waals surface area contributed by atoms with Crippen molar-refractivity contribution in [1.29, 1.82) is 0 Å². The van der Waals surface area contributed by atoms with Crippen LogP contribution < -0.4 is 0 Å². The summed E-state index contributed by atoms with van der Waals surface area (Å²) in [5.41, 5.74) is 7.53. The summed E-state index contributed by atoms with van der Waals surface area (Å²) >= 11 is 1.91. The summed E-state index contributed by atoms with van der Waals surface area (Å²) in [7, 11) is 0. The smallest absolute Gasteiger partial charge is 0.0340 e. The molecule has 1 heteroatoms. The zero-order chi connectivity index (χ0) is 13.2. The van der Waals surface area contributed by atoms with Crippen LogP contribution in [0.5, 0.6) is 0 Å². The van der Waals surface area contributed by atoms with Crippen molar-refractivity contribution in [1.82, 2.24) is 0 Å². The van der Waals surface area contributed by atoms with Crippen LogP contribution in [-0.2, 0) is 12.8 Å². The Morgan fingerprint density at radius 1 is 1.16 bits per heavy atom. The molecule has 0 radical (unpaired) electrons. The highest BCUT2D eigenvalue weighted by atomic mass is 32.1. The van der Waals surface area contributed by atoms with Gasteiger partial charge in [0.2, 0.25) is 0 Å². The van der Waals surface area contributed by atoms with Crippen LogP contribution in [-0.4, -0.2) is 0 Å². The van der Waals surface area contributed by atoms with Crippen LogP contribution in [0.1, 0.15) is 48.3 Å². The van der Waals surface area contributed by atoms with Crippen LogP contribution in [0.4, 0.5) is 0 Å². The summed E-state index contributed by atoms with van der Waals surface area (Å²) in [6.45, 7) is 4.55. The van der Waals surface area contributed by atoms with E-state index in [1.54, 1.807) is 11.1 Å². The van der Waals surface area contributed by atoms with E-state index in [1.165, 1.54) is 40.8 Å². The van der Waals surface area contributed by atoms with Crippen LogP contribution in [0.25, 0.3) is 11.1 Å². The van der Waals surface area contributed by atoms with Gasteiger partial charge in [-0.3, -0.25) is 0 Å². The van der Waals surface area contributed by atoms with Gasteiger partial charge >= 0.3 is 0 Å². The number of thiophene rings is 1. The second kappa shape index (κ2) is 5.34. The van der Waals surface area contributed by atoms with Gasteiger partial charge in [0.25, 0.3) is 0 Å². The Labute approximate surface area is 119 Å². The number of fused-ring (bicyclic) bond motifs is 1. The van der Waals surface area contributed by atoms with E-state index in [0.717, 1.165) is 6.42 Å². The first kappa shape index (κ1) is 12.7. The van der Waals surface area contributed by atoms with Gasteiger partial charge in [-0.2, -0.15) is 0 Å². The minimum absolute atomic E-state index is 1.11. The van der Waals surface area contributed by atoms with E-state index in [1.807, 2.05) is 11.3 Å². The minimum atomic E-state index is 1.11. The molecule has 0 spiro atoms. The fourth-order valence-electron chi connectivity index (χ4n) is 2.94. The molecular formula is C18H20S. The average molecular weight is 268 g/mol. The molecule has 0 aliphatic heterocycles. The van der Waals surface area contributed by atoms with Crippen LogP contribution in [0.2, 0.25) is 0 Å². The molecule has 1 heterocycles. The van der Waals surface area contributed by atoms with Crippen molar-refractivity contribution >= 4 is 22.5 Å². The normalized spacial score (nSPS) is 14.0. The highest BCUT2D eigenvalue weighted by Gasteiger charge is 2.21. The first-order chi connectivity index (χ1) is 9.31. The minimum Gasteiger partial charge on any atom is -0.144 e. The molecule has 0 unspecified atom stereocenters. The van der Waals surface area contributed by atoms with Gasteiger partial charge in [0.15, 0.2) is 0 Å². The third-order valence-electron chi connectivity index (χ3n) is 4.06. The van der Waals surface area contributed by atoms with Gasteiger partial charge < -0.3 is 0 Å². The summed E-state index contributed by atoms with van der Waals surface area (Å²) in [6.07, 6.45) is 4.90. The molecule has 0 nitrogen and oxygen atoms in total. The zero-order valence-electron chi connectivity index (χ0n) is 11.7. The number of hydrogen-bond acceptors (Lipinski definition) is 1. The van der Waals surface area contributed by atoms with Crippen LogP contribution >= 0.6 is 11.3 Å². The molecule has 1 aliphatic rings. The summed E-state index contributed by atoms with van der Waals surface area (Å²) in [4.78, 5) is 1.53. The zero-order valence-corrected chi connectivity index (χ0v) is 12.5. The summed E-state index contributed by atoms with van der Waals surface area (Å²) in [5.74, 6) is 0. The molecule has 0 N–H and O–H groups in total. The van der Waals surface area contributed by atoms with E-state index in [-0.39, 0.29) is 0 Å². The van der Waals surface area contributed by atoms with E-state index >= 15 is 0 Å². The monoisotopic (exact) mass is 268 g/mol. The molecule has 0 bridgehead atoms. The molecule has 2 aromatic rings. The van der Waals surface area contributed by atoms with E-state index in [4.69, 9.17) is 0 Å². The lowest BCUT2D eigenvalue weighted by Crippen LogP contribution is -1.90. The fraction of sp³-hybridized carbons (Fsp3) is 0.333. The Kier molecular flexibility index (Phi) is 3.56. The Balaban J connectivity index is 1.97. The predicted octanol–water partition coefficient (Wildman–Crippen LogP) is 5.58. The lowest BCUT2D eigenvalue weighted by molar-refractivity contribution is 0.796. The second-order valence-corrected chi connectivity index (χ2v) is 6.23. The van der Waals surface area contributed by atoms with Gasteiger partial charge in [-0.1, -0.05) is 37.6 Å². The molecule has 1 aromatic carbocycles. The molecule has 0 atom stereocenters. The molecule has 98 valence electrons. The first-order valence-corrected chi connectivity index (χ1v) is 8.04. The topological polar surface area (TPSA) is 0 Å². The molecule has 1 aliphatic carbocycles. The lowest BCUT2D eigenvalue weighted by atomic mass is 10.0. The molecule has 0 fully saturated rings. The highest BCUT2D eigenvalue weighted by molar-refractivity contribution is 7.11. The van der Waals surface area contributed by atoms with Crippen LogP contribution in [0.15, 0.2) is 35.7 Å². The van der Waals surface area contributed by atoms with Gasteiger partial charge in [0, 0.05) is 4.88 Å². The quantitative estimate of drug-likeness (QED) is 0.679. The Morgan fingerprint density at radius 2 is 2.00 bits per heavy atom. The summed E-state index contributed by atoms with van der Waals surface area (Å²) < 4.78 is 0. The number of benzene rings is 1. The van der Waals surface area contributed by atoms with Gasteiger partial charge in [0.1, 0.15) is 0 Å². The van der Waals surface area contributed by atoms with Crippen LogP contribution in [0.3, 0.4) is 0 Å². The number of hydrogen-bond donors (Lipinski definition) is 0. The van der Waals surface area contributed by atoms with E-state index < -0.39 is 0 Å². The first-order valence-electron chi connectivity index (χ1n) is 7.16. The number of aryl methyl sites for hydroxylation is 1. The molecule has 19 heavy (non-hydrogen) atoms. The van der Waals surface area contributed by atoms with Crippen LogP contribution in [0, 0.1) is 0 Å². The molecule has 0 amide bonds. The van der Waals surface area contributed by atoms with Crippen molar-refractivity contribution in [2.75, 3.05) is 0 Å². The molecule has 0 saturated heterocycles. The molecule has 0 saturated carbocycles. The maximum Gasteiger partial charge on any atom is 0.0340 e. The van der Waals surface area contributed by atoms with Crippen molar-refractivity contribution in [2.45, 2.75) is 39.5 Å². The average Bonchev–Trinajstić information content (AvgIpc) is 3.01. The number of unbranched alkanes of at least 4 members (excludes halogenated alkanes) is 1. The standard InChI is InChI=1S/C18H20S/c1-3-4-7-14-10-11-19-18(14)17-12-15-8-5-6-9-16(15)13(17)2/h5-6,8-11H,3-4,7,12H2,1-2H3. The Bertz CT molecular complexity index is 616. The third-order valence-corrected chi connectivity index (χ3v) is 5.08. The second-order valence-electron chi connectivity index (χ2n) is 5.32. The Morgan fingerprint density at radius 3 is 2.79 bits per heavy atom. The van der Waals surface area contributed by atoms with Crippen molar-refractivity contribution in [2.24, 2.45) is 0 Å². The maximum atomic E-state index is 2.32. The highest BCUT2D eigenvalue weighted by Crippen LogP contribution is 2.41. The third kappa shape index (κ3) is 2.28. The lowest BCUT2D eigenvalue weighted by Gasteiger charge is -2.06. The molecule has 3 rings (SSSR count). The molecular weight excluding hydrogens is 248 g/mol. The largest absolute Gasteiger partial charge is 0.144 e. The SMILES string of the molecule is CCCCc1ccsc1C1=C(C)c2ccccc2C1. The van der Waals surface area contributed by atoms with Gasteiger partial charge in [-0.05, 0) is 65.5 Å². The predicted molar refractivity (Wildman–Crippen MR) is 85.6 cm³/mol. The summed E-state index contributed by atoms with van der Waals surface area (Å²) in [5, 5.41) is 2.25. The van der Waals surface area contributed by atoms with Crippen molar-refractivity contribution < 1.29 is 0 Å². The molecule has 1 aromatic heterocycles. The summed E-state index contributed by atoms with van der Waals surface area (Å²) in [6, 6.07) is 11.2. The van der Waals surface area contributed by atoms with Crippen molar-refractivity contribution in [3.63, 3.8) is 0 Å². The number of rotatable bonds is 4. The van der Waals surface area contributed by atoms with E-state index in [0.29, 0.717) is 0 Å². The fourth-order valence-corrected chi connectivity index (χ4v) is 4.00. The van der Waals surface area contributed by atoms with Gasteiger partial charge in [-0.25, -0.2) is 0 Å². The number of allylic oxidation sites excluding steroid dienone is 2. The van der Waals surface area contributed by atoms with Crippen molar-refractivity contribution in [3.05, 3.63) is 57.3 Å².